The number of rotatable bonds is 2. The molecule has 0 aliphatic rings. The van der Waals surface area contributed by atoms with Crippen LogP contribution < -0.4 is 5.73 Å². The summed E-state index contributed by atoms with van der Waals surface area (Å²) in [7, 11) is 0. The predicted octanol–water partition coefficient (Wildman–Crippen LogP) is 3.38. The zero-order valence-electron chi connectivity index (χ0n) is 10.9. The molecule has 2 aromatic rings. The molecule has 18 heavy (non-hydrogen) atoms. The van der Waals surface area contributed by atoms with Gasteiger partial charge in [-0.05, 0) is 60.7 Å². The first-order chi connectivity index (χ1) is 8.50. The van der Waals surface area contributed by atoms with Gasteiger partial charge in [0.05, 0.1) is 0 Å². The first-order valence-electron chi connectivity index (χ1n) is 5.97. The van der Waals surface area contributed by atoms with E-state index < -0.39 is 5.91 Å². The third-order valence-corrected chi connectivity index (χ3v) is 3.52. The number of carbonyl (C=O) groups is 1. The van der Waals surface area contributed by atoms with E-state index in [4.69, 9.17) is 5.73 Å². The molecular formula is C16H17NO. The second-order valence-electron chi connectivity index (χ2n) is 4.63. The molecule has 0 aliphatic heterocycles. The van der Waals surface area contributed by atoms with Crippen molar-refractivity contribution in [1.29, 1.82) is 0 Å². The van der Waals surface area contributed by atoms with E-state index >= 15 is 0 Å². The van der Waals surface area contributed by atoms with Gasteiger partial charge in [-0.15, -0.1) is 0 Å². The number of hydrogen-bond acceptors (Lipinski definition) is 1. The van der Waals surface area contributed by atoms with Crippen molar-refractivity contribution in [3.8, 4) is 11.1 Å². The van der Waals surface area contributed by atoms with Gasteiger partial charge in [-0.3, -0.25) is 4.79 Å². The van der Waals surface area contributed by atoms with Crippen molar-refractivity contribution in [2.45, 2.75) is 20.8 Å². The summed E-state index contributed by atoms with van der Waals surface area (Å²) in [5.41, 5.74) is 11.9. The van der Waals surface area contributed by atoms with E-state index in [2.05, 4.69) is 32.9 Å². The van der Waals surface area contributed by atoms with Gasteiger partial charge in [0, 0.05) is 5.56 Å². The molecular weight excluding hydrogens is 222 g/mol. The summed E-state index contributed by atoms with van der Waals surface area (Å²) in [5, 5.41) is 0. The number of carbonyl (C=O) groups excluding carboxylic acids is 1. The lowest BCUT2D eigenvalue weighted by Gasteiger charge is -2.12. The highest BCUT2D eigenvalue weighted by Gasteiger charge is 2.08. The summed E-state index contributed by atoms with van der Waals surface area (Å²) in [6, 6.07) is 11.7. The monoisotopic (exact) mass is 239 g/mol. The molecule has 0 aliphatic carbocycles. The quantitative estimate of drug-likeness (QED) is 0.857. The van der Waals surface area contributed by atoms with E-state index in [1.54, 1.807) is 6.07 Å². The lowest BCUT2D eigenvalue weighted by molar-refractivity contribution is 0.100. The number of nitrogens with two attached hydrogens (primary N) is 1. The van der Waals surface area contributed by atoms with Crippen LogP contribution in [0.3, 0.4) is 0 Å². The van der Waals surface area contributed by atoms with Gasteiger partial charge in [0.1, 0.15) is 0 Å². The summed E-state index contributed by atoms with van der Waals surface area (Å²) in [6.07, 6.45) is 0. The zero-order valence-corrected chi connectivity index (χ0v) is 10.9. The number of hydrogen-bond donors (Lipinski definition) is 1. The van der Waals surface area contributed by atoms with Gasteiger partial charge in [0.25, 0.3) is 0 Å². The van der Waals surface area contributed by atoms with Crippen LogP contribution in [0.25, 0.3) is 11.1 Å². The fraction of sp³-hybridized carbons (Fsp3) is 0.188. The molecule has 0 bridgehead atoms. The van der Waals surface area contributed by atoms with Gasteiger partial charge in [0.15, 0.2) is 0 Å². The standard InChI is InChI=1S/C16H17NO/c1-10-7-8-15(12(3)11(10)2)13-5-4-6-14(9-13)16(17)18/h4-9H,1-3H3,(H2,17,18). The molecule has 0 spiro atoms. The predicted molar refractivity (Wildman–Crippen MR) is 74.6 cm³/mol. The average Bonchev–Trinajstić information content (AvgIpc) is 2.36. The molecule has 0 fully saturated rings. The molecule has 2 N–H and O–H groups in total. The van der Waals surface area contributed by atoms with Gasteiger partial charge in [-0.1, -0.05) is 24.3 Å². The summed E-state index contributed by atoms with van der Waals surface area (Å²) in [4.78, 5) is 11.2. The van der Waals surface area contributed by atoms with Gasteiger partial charge < -0.3 is 5.73 Å². The molecule has 0 saturated heterocycles. The summed E-state index contributed by atoms with van der Waals surface area (Å²) in [6.45, 7) is 6.33. The second-order valence-corrected chi connectivity index (χ2v) is 4.63. The van der Waals surface area contributed by atoms with Crippen LogP contribution in [0.5, 0.6) is 0 Å². The molecule has 1 amide bonds. The molecule has 0 radical (unpaired) electrons. The average molecular weight is 239 g/mol. The van der Waals surface area contributed by atoms with E-state index in [1.807, 2.05) is 18.2 Å². The van der Waals surface area contributed by atoms with Gasteiger partial charge in [0.2, 0.25) is 5.91 Å². The lowest BCUT2D eigenvalue weighted by Crippen LogP contribution is -2.10. The van der Waals surface area contributed by atoms with Crippen LogP contribution in [-0.4, -0.2) is 5.91 Å². The van der Waals surface area contributed by atoms with Crippen LogP contribution in [0.15, 0.2) is 36.4 Å². The molecule has 0 atom stereocenters. The summed E-state index contributed by atoms with van der Waals surface area (Å²) >= 11 is 0. The number of amides is 1. The molecule has 0 saturated carbocycles. The maximum Gasteiger partial charge on any atom is 0.248 e. The van der Waals surface area contributed by atoms with Crippen molar-refractivity contribution in [2.75, 3.05) is 0 Å². The normalized spacial score (nSPS) is 10.4. The molecule has 0 heterocycles. The smallest absolute Gasteiger partial charge is 0.248 e. The van der Waals surface area contributed by atoms with Crippen LogP contribution in [0.4, 0.5) is 0 Å². The minimum Gasteiger partial charge on any atom is -0.366 e. The Morgan fingerprint density at radius 1 is 1.00 bits per heavy atom. The van der Waals surface area contributed by atoms with Crippen molar-refractivity contribution < 1.29 is 4.79 Å². The van der Waals surface area contributed by atoms with E-state index in [0.29, 0.717) is 5.56 Å². The van der Waals surface area contributed by atoms with E-state index in [0.717, 1.165) is 11.1 Å². The van der Waals surface area contributed by atoms with Gasteiger partial charge in [-0.2, -0.15) is 0 Å². The molecule has 2 heteroatoms. The Kier molecular flexibility index (Phi) is 3.19. The minimum atomic E-state index is -0.390. The third kappa shape index (κ3) is 2.14. The highest BCUT2D eigenvalue weighted by Crippen LogP contribution is 2.27. The number of primary amides is 1. The fourth-order valence-electron chi connectivity index (χ4n) is 2.11. The number of benzene rings is 2. The van der Waals surface area contributed by atoms with Crippen LogP contribution in [0, 0.1) is 20.8 Å². The third-order valence-electron chi connectivity index (χ3n) is 3.52. The highest BCUT2D eigenvalue weighted by molar-refractivity contribution is 5.94. The van der Waals surface area contributed by atoms with Crippen LogP contribution in [0.2, 0.25) is 0 Å². The zero-order chi connectivity index (χ0) is 13.3. The molecule has 2 rings (SSSR count). The highest BCUT2D eigenvalue weighted by atomic mass is 16.1. The lowest BCUT2D eigenvalue weighted by atomic mass is 9.93. The Morgan fingerprint density at radius 2 is 1.72 bits per heavy atom. The summed E-state index contributed by atoms with van der Waals surface area (Å²) < 4.78 is 0. The van der Waals surface area contributed by atoms with Gasteiger partial charge in [-0.25, -0.2) is 0 Å². The van der Waals surface area contributed by atoms with Crippen molar-refractivity contribution >= 4 is 5.91 Å². The van der Waals surface area contributed by atoms with Crippen LogP contribution in [0.1, 0.15) is 27.0 Å². The molecule has 0 unspecified atom stereocenters. The Hall–Kier alpha value is -2.09. The van der Waals surface area contributed by atoms with Crippen molar-refractivity contribution in [3.05, 3.63) is 58.7 Å². The second kappa shape index (κ2) is 4.65. The van der Waals surface area contributed by atoms with Crippen molar-refractivity contribution in [1.82, 2.24) is 0 Å². The topological polar surface area (TPSA) is 43.1 Å². The molecule has 2 aromatic carbocycles. The largest absolute Gasteiger partial charge is 0.366 e. The fourth-order valence-corrected chi connectivity index (χ4v) is 2.11. The van der Waals surface area contributed by atoms with E-state index in [-0.39, 0.29) is 0 Å². The Labute approximate surface area is 107 Å². The molecule has 92 valence electrons. The Bertz CT molecular complexity index is 614. The maximum atomic E-state index is 11.2. The first kappa shape index (κ1) is 12.4. The SMILES string of the molecule is Cc1ccc(-c2cccc(C(N)=O)c2)c(C)c1C. The molecule has 0 aromatic heterocycles. The minimum absolute atomic E-state index is 0.390. The summed E-state index contributed by atoms with van der Waals surface area (Å²) in [5.74, 6) is -0.390. The van der Waals surface area contributed by atoms with Gasteiger partial charge >= 0.3 is 0 Å². The van der Waals surface area contributed by atoms with Crippen LogP contribution >= 0.6 is 0 Å². The van der Waals surface area contributed by atoms with E-state index in [9.17, 15) is 4.79 Å². The Balaban J connectivity index is 2.59. The van der Waals surface area contributed by atoms with Crippen LogP contribution in [-0.2, 0) is 0 Å². The first-order valence-corrected chi connectivity index (χ1v) is 5.97. The van der Waals surface area contributed by atoms with E-state index in [1.165, 1.54) is 16.7 Å². The van der Waals surface area contributed by atoms with Crippen molar-refractivity contribution in [2.24, 2.45) is 5.73 Å². The molecule has 2 nitrogen and oxygen atoms in total. The van der Waals surface area contributed by atoms with Crippen molar-refractivity contribution in [3.63, 3.8) is 0 Å². The Morgan fingerprint density at radius 3 is 2.39 bits per heavy atom. The number of aryl methyl sites for hydroxylation is 1. The maximum absolute atomic E-state index is 11.2.